The van der Waals surface area contributed by atoms with Crippen molar-refractivity contribution in [1.29, 1.82) is 0 Å². The first-order valence-electron chi connectivity index (χ1n) is 12.7. The van der Waals surface area contributed by atoms with Crippen LogP contribution in [0.2, 0.25) is 0 Å². The number of hydrogen-bond donors (Lipinski definition) is 0. The van der Waals surface area contributed by atoms with Crippen LogP contribution < -0.4 is 0 Å². The number of allylic oxidation sites excluding steroid dienone is 2. The Balaban J connectivity index is 1.97. The second kappa shape index (κ2) is 12.6. The summed E-state index contributed by atoms with van der Waals surface area (Å²) in [6.45, 7) is 6.67. The van der Waals surface area contributed by atoms with E-state index in [1.165, 1.54) is 17.7 Å². The SMILES string of the molecule is CC(C)=CCC[C@H](C)CCOP1(=[Se])N(C)[C@@H](c2cccc(C(F)(F)F)c2)[C@H](c2cccc(C(F)(F)F)c2)N1C. The van der Waals surface area contributed by atoms with Crippen molar-refractivity contribution >= 4 is 21.1 Å². The van der Waals surface area contributed by atoms with Crippen LogP contribution in [0, 0.1) is 5.92 Å². The Morgan fingerprint density at radius 1 is 0.897 bits per heavy atom. The molecule has 39 heavy (non-hydrogen) atoms. The average molecular weight is 640 g/mol. The van der Waals surface area contributed by atoms with Gasteiger partial charge < -0.3 is 0 Å². The van der Waals surface area contributed by atoms with Crippen molar-refractivity contribution in [2.24, 2.45) is 5.92 Å². The molecular weight excluding hydrogens is 604 g/mol. The fourth-order valence-corrected chi connectivity index (χ4v) is 8.94. The number of likely N-dealkylation sites (N-methyl/N-ethyl adjacent to an activating group) is 2. The third kappa shape index (κ3) is 7.66. The quantitative estimate of drug-likeness (QED) is 0.118. The molecule has 2 aromatic carbocycles. The van der Waals surface area contributed by atoms with E-state index in [0.29, 0.717) is 23.7 Å². The van der Waals surface area contributed by atoms with Crippen molar-refractivity contribution < 1.29 is 30.9 Å². The molecule has 11 heteroatoms. The molecule has 0 bridgehead atoms. The van der Waals surface area contributed by atoms with Gasteiger partial charge in [0.15, 0.2) is 0 Å². The molecule has 1 aliphatic heterocycles. The molecule has 0 saturated carbocycles. The first-order chi connectivity index (χ1) is 18.1. The van der Waals surface area contributed by atoms with Crippen molar-refractivity contribution in [2.45, 2.75) is 64.5 Å². The Hall–Kier alpha value is -1.41. The molecule has 1 fully saturated rings. The molecule has 0 radical (unpaired) electrons. The monoisotopic (exact) mass is 640 g/mol. The summed E-state index contributed by atoms with van der Waals surface area (Å²) >= 11 is 3.16. The van der Waals surface area contributed by atoms with E-state index in [1.807, 2.05) is 9.34 Å². The molecule has 0 N–H and O–H groups in total. The Kier molecular flexibility index (Phi) is 10.4. The van der Waals surface area contributed by atoms with Crippen LogP contribution in [-0.4, -0.2) is 45.1 Å². The van der Waals surface area contributed by atoms with Gasteiger partial charge in [0.2, 0.25) is 0 Å². The summed E-state index contributed by atoms with van der Waals surface area (Å²) in [7, 11) is 3.52. The van der Waals surface area contributed by atoms with Crippen LogP contribution in [0.4, 0.5) is 26.3 Å². The zero-order valence-electron chi connectivity index (χ0n) is 22.7. The fourth-order valence-electron chi connectivity index (χ4n) is 4.90. The van der Waals surface area contributed by atoms with Crippen LogP contribution in [0.5, 0.6) is 0 Å². The maximum atomic E-state index is 13.6. The van der Waals surface area contributed by atoms with E-state index in [0.717, 1.165) is 43.5 Å². The molecule has 2 aromatic rings. The van der Waals surface area contributed by atoms with Crippen molar-refractivity contribution in [3.05, 3.63) is 82.4 Å². The van der Waals surface area contributed by atoms with Gasteiger partial charge in [-0.2, -0.15) is 0 Å². The van der Waals surface area contributed by atoms with Gasteiger partial charge in [0, 0.05) is 0 Å². The topological polar surface area (TPSA) is 15.7 Å². The molecule has 1 heterocycles. The van der Waals surface area contributed by atoms with E-state index < -0.39 is 41.6 Å². The van der Waals surface area contributed by atoms with Crippen molar-refractivity contribution in [3.63, 3.8) is 0 Å². The van der Waals surface area contributed by atoms with Gasteiger partial charge in [-0.05, 0) is 0 Å². The first-order valence-corrected chi connectivity index (χ1v) is 16.6. The minimum atomic E-state index is -4.55. The molecule has 216 valence electrons. The van der Waals surface area contributed by atoms with Gasteiger partial charge in [-0.3, -0.25) is 0 Å². The number of halogens is 6. The number of hydrogen-bond acceptors (Lipinski definition) is 3. The van der Waals surface area contributed by atoms with Gasteiger partial charge in [-0.1, -0.05) is 0 Å². The van der Waals surface area contributed by atoms with E-state index in [2.05, 4.69) is 41.9 Å². The van der Waals surface area contributed by atoms with Crippen LogP contribution in [-0.2, 0) is 16.9 Å². The number of rotatable bonds is 9. The molecule has 1 saturated heterocycles. The number of alkyl halides is 6. The Morgan fingerprint density at radius 2 is 1.36 bits per heavy atom. The standard InChI is InChI=1S/C28H35F6N2OPSe/c1-19(2)9-6-10-20(3)15-16-37-38(39)35(4)25(21-11-7-13-23(17-21)27(29,30)31)26(36(38)5)22-12-8-14-24(18-22)28(32,33)34/h7-9,11-14,17-18,20,25-26H,6,10,15-16H2,1-5H3/t20-,25-,26-/m0/s1. The van der Waals surface area contributed by atoms with Gasteiger partial charge in [0.1, 0.15) is 0 Å². The predicted octanol–water partition coefficient (Wildman–Crippen LogP) is 9.02. The fraction of sp³-hybridized carbons (Fsp3) is 0.500. The first kappa shape index (κ1) is 32.1. The Morgan fingerprint density at radius 3 is 1.77 bits per heavy atom. The van der Waals surface area contributed by atoms with Gasteiger partial charge in [0.25, 0.3) is 0 Å². The summed E-state index contributed by atoms with van der Waals surface area (Å²) in [5, 5.41) is 0. The number of nitrogens with zero attached hydrogens (tertiary/aromatic N) is 2. The number of benzene rings is 2. The molecule has 3 atom stereocenters. The van der Waals surface area contributed by atoms with Crippen molar-refractivity contribution in [1.82, 2.24) is 9.34 Å². The molecule has 0 aromatic heterocycles. The molecule has 3 rings (SSSR count). The van der Waals surface area contributed by atoms with Gasteiger partial charge in [-0.15, -0.1) is 0 Å². The summed E-state index contributed by atoms with van der Waals surface area (Å²) in [4.78, 5) is 0. The summed E-state index contributed by atoms with van der Waals surface area (Å²) in [6.07, 6.45) is -4.15. The summed E-state index contributed by atoms with van der Waals surface area (Å²) < 4.78 is 91.7. The van der Waals surface area contributed by atoms with Crippen LogP contribution >= 0.6 is 6.04 Å². The molecule has 0 aliphatic carbocycles. The van der Waals surface area contributed by atoms with E-state index in [1.54, 1.807) is 26.2 Å². The second-order valence-corrected chi connectivity index (χ2v) is 15.9. The zero-order chi connectivity index (χ0) is 29.2. The summed E-state index contributed by atoms with van der Waals surface area (Å²) in [5.74, 6) is 0.393. The van der Waals surface area contributed by atoms with Crippen molar-refractivity contribution in [2.75, 3.05) is 20.7 Å². The Bertz CT molecular complexity index is 1140. The molecule has 0 amide bonds. The van der Waals surface area contributed by atoms with Gasteiger partial charge >= 0.3 is 235 Å². The van der Waals surface area contributed by atoms with E-state index >= 15 is 0 Å². The van der Waals surface area contributed by atoms with Crippen LogP contribution in [0.1, 0.15) is 74.4 Å². The Labute approximate surface area is 234 Å². The van der Waals surface area contributed by atoms with Gasteiger partial charge in [0.05, 0.1) is 0 Å². The van der Waals surface area contributed by atoms with E-state index in [-0.39, 0.29) is 0 Å². The van der Waals surface area contributed by atoms with Crippen LogP contribution in [0.25, 0.3) is 0 Å². The maximum absolute atomic E-state index is 13.6. The molecule has 0 spiro atoms. The molecule has 1 aliphatic rings. The summed E-state index contributed by atoms with van der Waals surface area (Å²) in [5.41, 5.74) is 0.374. The molecule has 3 nitrogen and oxygen atoms in total. The zero-order valence-corrected chi connectivity index (χ0v) is 25.3. The predicted molar refractivity (Wildman–Crippen MR) is 145 cm³/mol. The van der Waals surface area contributed by atoms with Crippen molar-refractivity contribution in [3.8, 4) is 0 Å². The summed E-state index contributed by atoms with van der Waals surface area (Å²) in [6, 6.07) is 5.96. The second-order valence-electron chi connectivity index (χ2n) is 10.4. The van der Waals surface area contributed by atoms with Crippen LogP contribution in [0.3, 0.4) is 0 Å². The van der Waals surface area contributed by atoms with E-state index in [4.69, 9.17) is 4.52 Å². The molecule has 0 unspecified atom stereocenters. The van der Waals surface area contributed by atoms with Gasteiger partial charge in [-0.25, -0.2) is 0 Å². The third-order valence-corrected chi connectivity index (χ3v) is 13.6. The minimum absolute atomic E-state index is 0.359. The third-order valence-electron chi connectivity index (χ3n) is 7.09. The van der Waals surface area contributed by atoms with Crippen LogP contribution in [0.15, 0.2) is 60.2 Å². The van der Waals surface area contributed by atoms with E-state index in [9.17, 15) is 26.3 Å². The average Bonchev–Trinajstić information content (AvgIpc) is 3.04. The normalized spacial score (nSPS) is 21.2. The molecular formula is C28H35F6N2OPSe.